The number of carbonyl (C=O) groups is 3. The highest BCUT2D eigenvalue weighted by Crippen LogP contribution is 2.16. The summed E-state index contributed by atoms with van der Waals surface area (Å²) in [7, 11) is -1.80. The number of phenolic OH excluding ortho intramolecular Hbond substituents is 1. The average molecular weight is 533 g/mol. The van der Waals surface area contributed by atoms with E-state index in [-0.39, 0.29) is 23.8 Å². The molecule has 0 aliphatic carbocycles. The number of amides is 3. The van der Waals surface area contributed by atoms with Gasteiger partial charge in [-0.15, -0.1) is 0 Å². The van der Waals surface area contributed by atoms with E-state index in [9.17, 15) is 29.5 Å². The molecule has 0 aliphatic rings. The number of aromatic hydroxyl groups is 1. The predicted molar refractivity (Wildman–Crippen MR) is 144 cm³/mol. The summed E-state index contributed by atoms with van der Waals surface area (Å²) in [5, 5.41) is 37.2. The van der Waals surface area contributed by atoms with Crippen molar-refractivity contribution in [3.63, 3.8) is 0 Å². The molecule has 3 aromatic rings. The molecular formula is C27H32BN5O6. The van der Waals surface area contributed by atoms with E-state index in [0.717, 1.165) is 0 Å². The lowest BCUT2D eigenvalue weighted by molar-refractivity contribution is -0.130. The molecule has 0 spiro atoms. The van der Waals surface area contributed by atoms with Gasteiger partial charge in [-0.2, -0.15) is 0 Å². The topological polar surface area (TPSA) is 174 Å². The fraction of sp³-hybridized carbons (Fsp3) is 0.296. The van der Waals surface area contributed by atoms with Crippen LogP contribution in [0, 0.1) is 5.92 Å². The highest BCUT2D eigenvalue weighted by Gasteiger charge is 2.32. The van der Waals surface area contributed by atoms with Gasteiger partial charge in [-0.3, -0.25) is 19.4 Å². The van der Waals surface area contributed by atoms with Gasteiger partial charge in [-0.25, -0.2) is 4.98 Å². The van der Waals surface area contributed by atoms with Crippen molar-refractivity contribution >= 4 is 24.8 Å². The lowest BCUT2D eigenvalue weighted by Crippen LogP contribution is -2.56. The maximum Gasteiger partial charge on any atom is 0.475 e. The molecule has 1 aromatic heterocycles. The molecule has 12 heteroatoms. The second-order valence-electron chi connectivity index (χ2n) is 9.50. The third-order valence-corrected chi connectivity index (χ3v) is 5.89. The molecule has 1 heterocycles. The average Bonchev–Trinajstić information content (AvgIpc) is 2.92. The summed E-state index contributed by atoms with van der Waals surface area (Å²) in [5.74, 6) is -2.80. The highest BCUT2D eigenvalue weighted by atomic mass is 16.4. The first kappa shape index (κ1) is 29.3. The first-order valence-electron chi connectivity index (χ1n) is 12.5. The summed E-state index contributed by atoms with van der Waals surface area (Å²) in [6.07, 6.45) is 4.37. The standard InChI is InChI=1S/C27H32BN5O6/c1-17(2)14-23(28(38)39)32-25(35)21(15-18-8-10-20(34)11-9-18)31-27(37)24(19-6-4-3-5-7-19)33-26(36)22-16-29-12-13-30-22/h3-13,16-17,21,23-24,34,38-39H,14-15H2,1-2H3,(H,31,37)(H,32,35)(H,33,36)/t21-,23-,24-/m0/s1. The van der Waals surface area contributed by atoms with Crippen LogP contribution in [0.1, 0.15) is 47.9 Å². The number of phenols is 1. The van der Waals surface area contributed by atoms with Crippen LogP contribution < -0.4 is 16.0 Å². The maximum atomic E-state index is 13.6. The molecule has 3 atom stereocenters. The van der Waals surface area contributed by atoms with Crippen molar-refractivity contribution in [2.75, 3.05) is 0 Å². The van der Waals surface area contributed by atoms with Crippen LogP contribution in [-0.2, 0) is 16.0 Å². The minimum absolute atomic E-state index is 0.0121. The summed E-state index contributed by atoms with van der Waals surface area (Å²) in [4.78, 5) is 47.6. The summed E-state index contributed by atoms with van der Waals surface area (Å²) >= 11 is 0. The molecule has 11 nitrogen and oxygen atoms in total. The van der Waals surface area contributed by atoms with Gasteiger partial charge >= 0.3 is 7.12 Å². The lowest BCUT2D eigenvalue weighted by atomic mass is 9.75. The Hall–Kier alpha value is -4.29. The minimum Gasteiger partial charge on any atom is -0.508 e. The minimum atomic E-state index is -1.80. The number of carbonyl (C=O) groups excluding carboxylic acids is 3. The van der Waals surface area contributed by atoms with Crippen LogP contribution in [-0.4, -0.2) is 61.9 Å². The zero-order valence-electron chi connectivity index (χ0n) is 21.7. The predicted octanol–water partition coefficient (Wildman–Crippen LogP) is 0.924. The van der Waals surface area contributed by atoms with Crippen LogP contribution in [0.4, 0.5) is 0 Å². The summed E-state index contributed by atoms with van der Waals surface area (Å²) in [6, 6.07) is 12.3. The van der Waals surface area contributed by atoms with Crippen molar-refractivity contribution in [3.05, 3.63) is 90.0 Å². The number of aromatic nitrogens is 2. The Labute approximate surface area is 226 Å². The smallest absolute Gasteiger partial charge is 0.475 e. The molecule has 3 rings (SSSR count). The summed E-state index contributed by atoms with van der Waals surface area (Å²) in [6.45, 7) is 3.75. The van der Waals surface area contributed by atoms with Crippen LogP contribution >= 0.6 is 0 Å². The Morgan fingerprint density at radius 2 is 1.59 bits per heavy atom. The number of rotatable bonds is 12. The van der Waals surface area contributed by atoms with Crippen molar-refractivity contribution < 1.29 is 29.5 Å². The number of nitrogens with zero attached hydrogens (tertiary/aromatic N) is 2. The molecule has 0 aliphatic heterocycles. The highest BCUT2D eigenvalue weighted by molar-refractivity contribution is 6.43. The molecule has 0 saturated heterocycles. The maximum absolute atomic E-state index is 13.6. The molecule has 0 saturated carbocycles. The van der Waals surface area contributed by atoms with Gasteiger partial charge in [0.2, 0.25) is 11.8 Å². The fourth-order valence-corrected chi connectivity index (χ4v) is 3.95. The Morgan fingerprint density at radius 1 is 0.897 bits per heavy atom. The van der Waals surface area contributed by atoms with Gasteiger partial charge in [0.1, 0.15) is 23.5 Å². The third kappa shape index (κ3) is 8.90. The van der Waals surface area contributed by atoms with E-state index in [1.807, 2.05) is 13.8 Å². The fourth-order valence-electron chi connectivity index (χ4n) is 3.95. The molecule has 0 radical (unpaired) electrons. The monoisotopic (exact) mass is 533 g/mol. The molecule has 2 aromatic carbocycles. The molecule has 0 bridgehead atoms. The summed E-state index contributed by atoms with van der Waals surface area (Å²) in [5.41, 5.74) is 1.12. The number of hydrogen-bond acceptors (Lipinski definition) is 8. The Kier molecular flexibility index (Phi) is 10.5. The van der Waals surface area contributed by atoms with E-state index >= 15 is 0 Å². The normalized spacial score (nSPS) is 13.2. The number of benzene rings is 2. The van der Waals surface area contributed by atoms with Crippen LogP contribution in [0.5, 0.6) is 5.75 Å². The van der Waals surface area contributed by atoms with E-state index in [1.165, 1.54) is 30.7 Å². The molecule has 3 amide bonds. The second-order valence-corrected chi connectivity index (χ2v) is 9.50. The van der Waals surface area contributed by atoms with E-state index in [1.54, 1.807) is 42.5 Å². The first-order valence-corrected chi connectivity index (χ1v) is 12.5. The lowest BCUT2D eigenvalue weighted by Gasteiger charge is -2.26. The molecule has 6 N–H and O–H groups in total. The molecule has 0 fully saturated rings. The van der Waals surface area contributed by atoms with Gasteiger partial charge in [0.15, 0.2) is 0 Å². The molecule has 39 heavy (non-hydrogen) atoms. The molecule has 204 valence electrons. The zero-order chi connectivity index (χ0) is 28.4. The van der Waals surface area contributed by atoms with Crippen LogP contribution in [0.25, 0.3) is 0 Å². The SMILES string of the molecule is CC(C)C[C@H](NC(=O)[C@H](Cc1ccc(O)cc1)NC(=O)[C@@H](NC(=O)c1cnccn1)c1ccccc1)B(O)O. The van der Waals surface area contributed by atoms with E-state index < -0.39 is 42.9 Å². The van der Waals surface area contributed by atoms with Crippen LogP contribution in [0.2, 0.25) is 0 Å². The zero-order valence-corrected chi connectivity index (χ0v) is 21.7. The Morgan fingerprint density at radius 3 is 2.18 bits per heavy atom. The molecule has 0 unspecified atom stereocenters. The van der Waals surface area contributed by atoms with Crippen molar-refractivity contribution in [2.24, 2.45) is 5.92 Å². The largest absolute Gasteiger partial charge is 0.508 e. The van der Waals surface area contributed by atoms with E-state index in [0.29, 0.717) is 17.5 Å². The van der Waals surface area contributed by atoms with E-state index in [2.05, 4.69) is 25.9 Å². The van der Waals surface area contributed by atoms with Crippen molar-refractivity contribution in [1.82, 2.24) is 25.9 Å². The van der Waals surface area contributed by atoms with Gasteiger partial charge in [0, 0.05) is 18.8 Å². The quantitative estimate of drug-likeness (QED) is 0.187. The van der Waals surface area contributed by atoms with Gasteiger partial charge in [-0.05, 0) is 35.6 Å². The third-order valence-electron chi connectivity index (χ3n) is 5.89. The first-order chi connectivity index (χ1) is 18.6. The van der Waals surface area contributed by atoms with Gasteiger partial charge in [0.05, 0.1) is 12.1 Å². The number of hydrogen-bond donors (Lipinski definition) is 6. The van der Waals surface area contributed by atoms with Crippen molar-refractivity contribution in [3.8, 4) is 5.75 Å². The van der Waals surface area contributed by atoms with Gasteiger partial charge in [0.25, 0.3) is 5.91 Å². The molecular weight excluding hydrogens is 501 g/mol. The van der Waals surface area contributed by atoms with Crippen molar-refractivity contribution in [1.29, 1.82) is 0 Å². The van der Waals surface area contributed by atoms with Crippen molar-refractivity contribution in [2.45, 2.75) is 44.7 Å². The van der Waals surface area contributed by atoms with E-state index in [4.69, 9.17) is 0 Å². The number of nitrogens with one attached hydrogen (secondary N) is 3. The summed E-state index contributed by atoms with van der Waals surface area (Å²) < 4.78 is 0. The Balaban J connectivity index is 1.88. The van der Waals surface area contributed by atoms with Gasteiger partial charge < -0.3 is 31.1 Å². The Bertz CT molecular complexity index is 1230. The van der Waals surface area contributed by atoms with Crippen LogP contribution in [0.15, 0.2) is 73.2 Å². The van der Waals surface area contributed by atoms with Crippen LogP contribution in [0.3, 0.4) is 0 Å². The van der Waals surface area contributed by atoms with Gasteiger partial charge in [-0.1, -0.05) is 56.3 Å². The second kappa shape index (κ2) is 14.0.